The Morgan fingerprint density at radius 2 is 1.82 bits per heavy atom. The van der Waals surface area contributed by atoms with Gasteiger partial charge in [0.2, 0.25) is 5.82 Å². The molecule has 3 aliphatic rings. The Morgan fingerprint density at radius 1 is 1.18 bits per heavy atom. The number of hydrogen-bond acceptors (Lipinski definition) is 9. The molecule has 2 bridgehead atoms. The summed E-state index contributed by atoms with van der Waals surface area (Å²) in [6.07, 6.45) is 0.217. The lowest BCUT2D eigenvalue weighted by molar-refractivity contribution is -0.138. The number of piperidine rings is 1. The van der Waals surface area contributed by atoms with Crippen molar-refractivity contribution in [2.45, 2.75) is 37.2 Å². The molecule has 3 atom stereocenters. The first-order chi connectivity index (χ1) is 16.0. The van der Waals surface area contributed by atoms with E-state index in [9.17, 15) is 23.1 Å². The van der Waals surface area contributed by atoms with Gasteiger partial charge >= 0.3 is 6.18 Å². The molecule has 10 nitrogen and oxygen atoms in total. The van der Waals surface area contributed by atoms with Gasteiger partial charge < -0.3 is 15.3 Å². The van der Waals surface area contributed by atoms with Gasteiger partial charge in [0.15, 0.2) is 11.3 Å². The van der Waals surface area contributed by atoms with Crippen molar-refractivity contribution in [2.75, 3.05) is 29.9 Å². The van der Waals surface area contributed by atoms with Gasteiger partial charge in [-0.3, -0.25) is 9.69 Å². The molecule has 0 radical (unpaired) electrons. The lowest BCUT2D eigenvalue weighted by Crippen LogP contribution is -2.70. The van der Waals surface area contributed by atoms with Gasteiger partial charge in [-0.25, -0.2) is 15.0 Å². The number of carbonyl (C=O) groups excluding carboxylic acids is 1. The van der Waals surface area contributed by atoms with Crippen LogP contribution < -0.4 is 10.2 Å². The number of pyridine rings is 1. The number of nitrogens with one attached hydrogen (secondary N) is 1. The first-order valence-electron chi connectivity index (χ1n) is 10.3. The Morgan fingerprint density at radius 3 is 2.38 bits per heavy atom. The van der Waals surface area contributed by atoms with E-state index in [-0.39, 0.29) is 30.1 Å². The van der Waals surface area contributed by atoms with E-state index < -0.39 is 28.9 Å². The van der Waals surface area contributed by atoms with Crippen LogP contribution in [0.1, 0.15) is 30.4 Å². The monoisotopic (exact) mass is 472 g/mol. The third-order valence-corrected chi connectivity index (χ3v) is 5.88. The molecule has 34 heavy (non-hydrogen) atoms. The van der Waals surface area contributed by atoms with Crippen molar-refractivity contribution >= 4 is 17.3 Å². The normalized spacial score (nSPS) is 21.6. The number of rotatable bonds is 5. The molecule has 0 aliphatic carbocycles. The third-order valence-electron chi connectivity index (χ3n) is 5.88. The lowest BCUT2D eigenvalue weighted by Gasteiger charge is -2.58. The van der Waals surface area contributed by atoms with Gasteiger partial charge in [0.25, 0.3) is 5.91 Å². The summed E-state index contributed by atoms with van der Waals surface area (Å²) in [5.41, 5.74) is -3.45. The summed E-state index contributed by atoms with van der Waals surface area (Å²) in [5, 5.41) is 30.7. The predicted molar refractivity (Wildman–Crippen MR) is 111 cm³/mol. The standard InChI is InChI=1S/C21H19F3N8O2/c1-20(34,19(33)30-12-2-16(21(22,23)24)17(4-25)27-6-12)11-31-9-13-3-14(10-31)32(13)15-7-28-18(5-26)29-8-15/h2,6-8,13-14,34H,3,9-11H2,1H3,(H,30,33). The zero-order chi connectivity index (χ0) is 24.7. The van der Waals surface area contributed by atoms with Crippen LogP contribution in [0, 0.1) is 22.7 Å². The zero-order valence-electron chi connectivity index (χ0n) is 17.9. The average molecular weight is 472 g/mol. The molecule has 5 rings (SSSR count). The van der Waals surface area contributed by atoms with Crippen LogP contribution in [0.25, 0.3) is 0 Å². The summed E-state index contributed by atoms with van der Waals surface area (Å²) in [6.45, 7) is 2.36. The van der Waals surface area contributed by atoms with Crippen molar-refractivity contribution in [1.82, 2.24) is 19.9 Å². The number of carbonyl (C=O) groups is 1. The topological polar surface area (TPSA) is 142 Å². The van der Waals surface area contributed by atoms with Crippen molar-refractivity contribution in [3.05, 3.63) is 41.7 Å². The molecule has 0 aromatic carbocycles. The number of piperazine rings is 1. The smallest absolute Gasteiger partial charge is 0.379 e. The highest BCUT2D eigenvalue weighted by Crippen LogP contribution is 2.37. The molecule has 2 aromatic rings. The first-order valence-corrected chi connectivity index (χ1v) is 10.3. The number of nitriles is 2. The number of anilines is 2. The number of alkyl halides is 3. The molecule has 1 amide bonds. The number of nitrogens with zero attached hydrogens (tertiary/aromatic N) is 7. The maximum Gasteiger partial charge on any atom is 0.419 e. The minimum Gasteiger partial charge on any atom is -0.379 e. The molecule has 3 saturated heterocycles. The van der Waals surface area contributed by atoms with Crippen molar-refractivity contribution in [3.63, 3.8) is 0 Å². The van der Waals surface area contributed by atoms with E-state index in [2.05, 4.69) is 25.2 Å². The highest BCUT2D eigenvalue weighted by atomic mass is 19.4. The first kappa shape index (κ1) is 23.4. The van der Waals surface area contributed by atoms with E-state index in [0.29, 0.717) is 19.2 Å². The number of fused-ring (bicyclic) bond motifs is 2. The molecule has 176 valence electrons. The van der Waals surface area contributed by atoms with Gasteiger partial charge in [-0.05, 0) is 19.4 Å². The van der Waals surface area contributed by atoms with E-state index in [1.165, 1.54) is 13.0 Å². The molecule has 3 unspecified atom stereocenters. The predicted octanol–water partition coefficient (Wildman–Crippen LogP) is 1.29. The SMILES string of the molecule is CC(O)(CN1CC2CC(C1)N2c1cnc(C#N)nc1)C(=O)Nc1cnc(C#N)c(C(F)(F)F)c1. The summed E-state index contributed by atoms with van der Waals surface area (Å²) in [5.74, 6) is -0.804. The summed E-state index contributed by atoms with van der Waals surface area (Å²) in [6, 6.07) is 4.09. The molecule has 0 saturated carbocycles. The van der Waals surface area contributed by atoms with Gasteiger partial charge in [0.1, 0.15) is 12.1 Å². The molecular weight excluding hydrogens is 453 g/mol. The number of halogens is 3. The maximum atomic E-state index is 13.1. The Kier molecular flexibility index (Phi) is 5.85. The summed E-state index contributed by atoms with van der Waals surface area (Å²) in [4.78, 5) is 28.1. The summed E-state index contributed by atoms with van der Waals surface area (Å²) >= 11 is 0. The Hall–Kier alpha value is -3.81. The van der Waals surface area contributed by atoms with E-state index in [1.807, 2.05) is 11.0 Å². The Balaban J connectivity index is 1.39. The minimum atomic E-state index is -4.82. The van der Waals surface area contributed by atoms with Gasteiger partial charge in [0.05, 0.1) is 35.5 Å². The van der Waals surface area contributed by atoms with Crippen molar-refractivity contribution in [2.24, 2.45) is 0 Å². The second kappa shape index (κ2) is 8.52. The van der Waals surface area contributed by atoms with Crippen LogP contribution in [0.5, 0.6) is 0 Å². The third kappa shape index (κ3) is 4.48. The van der Waals surface area contributed by atoms with Crippen LogP contribution in [0.3, 0.4) is 0 Å². The maximum absolute atomic E-state index is 13.1. The van der Waals surface area contributed by atoms with Crippen LogP contribution in [0.4, 0.5) is 24.5 Å². The molecule has 3 fully saturated rings. The molecule has 3 aliphatic heterocycles. The summed E-state index contributed by atoms with van der Waals surface area (Å²) in [7, 11) is 0. The van der Waals surface area contributed by atoms with E-state index in [1.54, 1.807) is 12.4 Å². The molecule has 5 heterocycles. The fourth-order valence-corrected chi connectivity index (χ4v) is 4.37. The number of aromatic nitrogens is 3. The van der Waals surface area contributed by atoms with E-state index >= 15 is 0 Å². The van der Waals surface area contributed by atoms with Crippen LogP contribution in [-0.4, -0.2) is 68.2 Å². The minimum absolute atomic E-state index is 0.0284. The molecule has 2 aromatic heterocycles. The lowest BCUT2D eigenvalue weighted by atomic mass is 9.86. The van der Waals surface area contributed by atoms with Gasteiger partial charge in [-0.2, -0.15) is 23.7 Å². The number of hydrogen-bond donors (Lipinski definition) is 2. The largest absolute Gasteiger partial charge is 0.419 e. The quantitative estimate of drug-likeness (QED) is 0.658. The zero-order valence-corrected chi connectivity index (χ0v) is 17.9. The second-order valence-corrected chi connectivity index (χ2v) is 8.48. The van der Waals surface area contributed by atoms with Crippen LogP contribution in [0.2, 0.25) is 0 Å². The van der Waals surface area contributed by atoms with Crippen molar-refractivity contribution in [3.8, 4) is 12.1 Å². The summed E-state index contributed by atoms with van der Waals surface area (Å²) < 4.78 is 39.4. The molecule has 13 heteroatoms. The highest BCUT2D eigenvalue weighted by molar-refractivity contribution is 5.97. The Labute approximate surface area is 192 Å². The van der Waals surface area contributed by atoms with Crippen LogP contribution in [0.15, 0.2) is 24.7 Å². The van der Waals surface area contributed by atoms with Crippen LogP contribution >= 0.6 is 0 Å². The van der Waals surface area contributed by atoms with Gasteiger partial charge in [-0.1, -0.05) is 0 Å². The highest BCUT2D eigenvalue weighted by Gasteiger charge is 2.47. The number of amides is 1. The van der Waals surface area contributed by atoms with Gasteiger partial charge in [0, 0.05) is 31.7 Å². The van der Waals surface area contributed by atoms with Crippen molar-refractivity contribution in [1.29, 1.82) is 10.5 Å². The average Bonchev–Trinajstić information content (AvgIpc) is 2.78. The molecule has 0 spiro atoms. The second-order valence-electron chi connectivity index (χ2n) is 8.48. The molecule has 2 N–H and O–H groups in total. The molecular formula is C21H19F3N8O2. The van der Waals surface area contributed by atoms with Crippen molar-refractivity contribution < 1.29 is 23.1 Å². The van der Waals surface area contributed by atoms with E-state index in [0.717, 1.165) is 18.3 Å². The number of aliphatic hydroxyl groups is 1. The van der Waals surface area contributed by atoms with E-state index in [4.69, 9.17) is 10.5 Å². The fourth-order valence-electron chi connectivity index (χ4n) is 4.37. The fraction of sp³-hybridized carbons (Fsp3) is 0.429. The van der Waals surface area contributed by atoms with Gasteiger partial charge in [-0.15, -0.1) is 0 Å². The Bertz CT molecular complexity index is 1170. The van der Waals surface area contributed by atoms with Crippen LogP contribution in [-0.2, 0) is 11.0 Å².